The average Bonchev–Trinajstić information content (AvgIpc) is 3.25. The van der Waals surface area contributed by atoms with Gasteiger partial charge in [0, 0.05) is 43.5 Å². The summed E-state index contributed by atoms with van der Waals surface area (Å²) in [5.74, 6) is -2.25. The van der Waals surface area contributed by atoms with Crippen LogP contribution in [0.4, 0.5) is 4.79 Å². The average molecular weight is 601 g/mol. The number of aliphatic hydroxyl groups excluding tert-OH is 1. The van der Waals surface area contributed by atoms with Crippen LogP contribution in [0, 0.1) is 0 Å². The van der Waals surface area contributed by atoms with E-state index in [1.54, 1.807) is 29.3 Å². The predicted octanol–water partition coefficient (Wildman–Crippen LogP) is 2.17. The molecule has 1 saturated heterocycles. The van der Waals surface area contributed by atoms with Crippen molar-refractivity contribution >= 4 is 57.9 Å². The Morgan fingerprint density at radius 3 is 2.66 bits per heavy atom. The number of fused-ring (bicyclic) bond motifs is 2. The van der Waals surface area contributed by atoms with Gasteiger partial charge >= 0.3 is 12.0 Å². The van der Waals surface area contributed by atoms with Gasteiger partial charge < -0.3 is 30.6 Å². The van der Waals surface area contributed by atoms with E-state index in [2.05, 4.69) is 20.8 Å². The molecule has 2 aromatic carbocycles. The predicted molar refractivity (Wildman–Crippen MR) is 148 cm³/mol. The number of H-pyrrole nitrogens is 1. The topological polar surface area (TPSA) is 168 Å². The fraction of sp³-hybridized carbons (Fsp3) is 0.370. The Kier molecular flexibility index (Phi) is 6.79. The van der Waals surface area contributed by atoms with Gasteiger partial charge in [-0.2, -0.15) is 5.10 Å². The highest BCUT2D eigenvalue weighted by Gasteiger charge is 2.63. The summed E-state index contributed by atoms with van der Waals surface area (Å²) in [6, 6.07) is 5.53. The highest BCUT2D eigenvalue weighted by atomic mass is 35.5. The van der Waals surface area contributed by atoms with Gasteiger partial charge in [-0.3, -0.25) is 14.7 Å². The number of aromatic nitrogens is 2. The number of carboxylic acid groups (broad SMARTS) is 1. The summed E-state index contributed by atoms with van der Waals surface area (Å²) in [5, 5.41) is 32.6. The van der Waals surface area contributed by atoms with E-state index in [-0.39, 0.29) is 41.0 Å². The number of hydrogen-bond donors (Lipinski definition) is 5. The number of aliphatic carboxylic acids is 1. The van der Waals surface area contributed by atoms with E-state index < -0.39 is 35.6 Å². The number of β-amino-alcohol motifs (C(OH)–C–C–N with tert-alkyl or cyclic N) is 1. The number of aliphatic hydroxyl groups is 1. The number of carbonyl (C=O) groups is 4. The molecule has 14 heteroatoms. The summed E-state index contributed by atoms with van der Waals surface area (Å²) < 4.78 is 0. The first kappa shape index (κ1) is 27.3. The molecule has 1 aliphatic carbocycles. The third-order valence-corrected chi connectivity index (χ3v) is 8.75. The van der Waals surface area contributed by atoms with E-state index in [1.807, 2.05) is 6.07 Å². The Bertz CT molecular complexity index is 1610. The molecule has 214 valence electrons. The summed E-state index contributed by atoms with van der Waals surface area (Å²) in [7, 11) is 0. The molecular formula is C27H26Cl2N6O6. The van der Waals surface area contributed by atoms with Crippen molar-refractivity contribution in [1.82, 2.24) is 30.6 Å². The largest absolute Gasteiger partial charge is 0.479 e. The van der Waals surface area contributed by atoms with Gasteiger partial charge in [0.1, 0.15) is 0 Å². The van der Waals surface area contributed by atoms with Crippen molar-refractivity contribution in [2.75, 3.05) is 19.6 Å². The van der Waals surface area contributed by atoms with Crippen molar-refractivity contribution in [3.63, 3.8) is 0 Å². The lowest BCUT2D eigenvalue weighted by Crippen LogP contribution is -2.51. The molecule has 12 nitrogen and oxygen atoms in total. The number of carbonyl (C=O) groups excluding carboxylic acids is 3. The minimum absolute atomic E-state index is 0.0161. The Morgan fingerprint density at radius 2 is 1.93 bits per heavy atom. The van der Waals surface area contributed by atoms with E-state index in [0.717, 1.165) is 10.9 Å². The van der Waals surface area contributed by atoms with Crippen LogP contribution in [-0.2, 0) is 17.8 Å². The fourth-order valence-electron chi connectivity index (χ4n) is 5.58. The van der Waals surface area contributed by atoms with Crippen LogP contribution in [0.3, 0.4) is 0 Å². The van der Waals surface area contributed by atoms with E-state index in [9.17, 15) is 29.4 Å². The van der Waals surface area contributed by atoms with Crippen LogP contribution in [0.15, 0.2) is 30.5 Å². The maximum Gasteiger partial charge on any atom is 0.331 e. The van der Waals surface area contributed by atoms with Gasteiger partial charge in [-0.25, -0.2) is 9.59 Å². The van der Waals surface area contributed by atoms with Crippen LogP contribution >= 0.6 is 23.2 Å². The Labute approximate surface area is 243 Å². The van der Waals surface area contributed by atoms with Crippen molar-refractivity contribution < 1.29 is 29.4 Å². The molecule has 3 aromatic rings. The number of benzene rings is 2. The van der Waals surface area contributed by atoms with Crippen LogP contribution in [-0.4, -0.2) is 91.3 Å². The van der Waals surface area contributed by atoms with Gasteiger partial charge in [-0.1, -0.05) is 29.3 Å². The first-order valence-corrected chi connectivity index (χ1v) is 13.8. The van der Waals surface area contributed by atoms with Crippen molar-refractivity contribution in [2.24, 2.45) is 0 Å². The van der Waals surface area contributed by atoms with Crippen LogP contribution in [0.1, 0.15) is 44.7 Å². The molecule has 41 heavy (non-hydrogen) atoms. The number of rotatable bonds is 5. The Hall–Kier alpha value is -3.87. The third-order valence-electron chi connectivity index (χ3n) is 8.04. The van der Waals surface area contributed by atoms with Crippen molar-refractivity contribution in [1.29, 1.82) is 0 Å². The molecule has 2 fully saturated rings. The normalized spacial score (nSPS) is 23.3. The lowest BCUT2D eigenvalue weighted by atomic mass is 9.95. The minimum atomic E-state index is -1.72. The SMILES string of the molecule is O=C(NC1(C(=O)O)CC1NC(=O)N1CC[C@H](O)C1)c1c(Cl)cc2c(c1Cl)CCN(C(=O)c1ccc3cn[nH]c3c1)C2. The number of halogens is 2. The highest BCUT2D eigenvalue weighted by molar-refractivity contribution is 6.40. The molecule has 3 heterocycles. The lowest BCUT2D eigenvalue weighted by Gasteiger charge is -2.30. The lowest BCUT2D eigenvalue weighted by molar-refractivity contribution is -0.140. The van der Waals surface area contributed by atoms with Crippen molar-refractivity contribution in [3.05, 3.63) is 62.8 Å². The standard InChI is InChI=1S/C27H26Cl2N6O6/c28-18-7-15-11-34(24(38)13-1-2-14-10-30-33-19(14)8-13)6-4-17(15)22(29)21(18)23(37)32-27(25(39)40)9-20(27)31-26(41)35-5-3-16(36)12-35/h1-2,7-8,10,16,20,36H,3-6,9,11-12H2,(H,30,33)(H,31,41)(H,32,37)(H,39,40)/t16-,20?,27?/m0/s1. The summed E-state index contributed by atoms with van der Waals surface area (Å²) in [6.07, 6.45) is 1.86. The molecule has 0 spiro atoms. The number of nitrogens with one attached hydrogen (secondary N) is 3. The number of aromatic amines is 1. The molecule has 4 amide bonds. The Balaban J connectivity index is 1.17. The van der Waals surface area contributed by atoms with Gasteiger partial charge in [0.25, 0.3) is 11.8 Å². The van der Waals surface area contributed by atoms with E-state index in [1.165, 1.54) is 4.90 Å². The number of carboxylic acids is 1. The van der Waals surface area contributed by atoms with Crippen molar-refractivity contribution in [3.8, 4) is 0 Å². The molecule has 0 bridgehead atoms. The quantitative estimate of drug-likeness (QED) is 0.299. The number of likely N-dealkylation sites (tertiary alicyclic amines) is 1. The third kappa shape index (κ3) is 4.85. The van der Waals surface area contributed by atoms with Gasteiger partial charge in [0.05, 0.1) is 39.5 Å². The van der Waals surface area contributed by atoms with Gasteiger partial charge in [-0.05, 0) is 42.2 Å². The van der Waals surface area contributed by atoms with Crippen LogP contribution in [0.25, 0.3) is 10.9 Å². The second-order valence-corrected chi connectivity index (χ2v) is 11.4. The maximum atomic E-state index is 13.3. The summed E-state index contributed by atoms with van der Waals surface area (Å²) in [5.41, 5.74) is 0.831. The molecule has 2 aliphatic heterocycles. The Morgan fingerprint density at radius 1 is 1.12 bits per heavy atom. The number of urea groups is 1. The molecular weight excluding hydrogens is 575 g/mol. The zero-order chi connectivity index (χ0) is 29.1. The molecule has 2 unspecified atom stereocenters. The molecule has 0 radical (unpaired) electrons. The first-order valence-electron chi connectivity index (χ1n) is 13.1. The van der Waals surface area contributed by atoms with Gasteiger partial charge in [0.2, 0.25) is 0 Å². The zero-order valence-corrected chi connectivity index (χ0v) is 23.1. The molecule has 1 aromatic heterocycles. The van der Waals surface area contributed by atoms with Crippen molar-refractivity contribution in [2.45, 2.75) is 43.5 Å². The zero-order valence-electron chi connectivity index (χ0n) is 21.6. The first-order chi connectivity index (χ1) is 19.6. The molecule has 1 saturated carbocycles. The molecule has 3 aliphatic rings. The summed E-state index contributed by atoms with van der Waals surface area (Å²) in [4.78, 5) is 54.3. The van der Waals surface area contributed by atoms with Crippen LogP contribution in [0.2, 0.25) is 10.0 Å². The highest BCUT2D eigenvalue weighted by Crippen LogP contribution is 2.40. The molecule has 5 N–H and O–H groups in total. The van der Waals surface area contributed by atoms with Crippen LogP contribution < -0.4 is 10.6 Å². The van der Waals surface area contributed by atoms with Gasteiger partial charge in [-0.15, -0.1) is 0 Å². The fourth-order valence-corrected chi connectivity index (χ4v) is 6.35. The van der Waals surface area contributed by atoms with E-state index in [4.69, 9.17) is 23.2 Å². The number of hydrogen-bond acceptors (Lipinski definition) is 6. The smallest absolute Gasteiger partial charge is 0.331 e. The van der Waals surface area contributed by atoms with Gasteiger partial charge in [0.15, 0.2) is 5.54 Å². The summed E-state index contributed by atoms with van der Waals surface area (Å²) >= 11 is 13.2. The molecule has 6 rings (SSSR count). The van der Waals surface area contributed by atoms with E-state index in [0.29, 0.717) is 42.6 Å². The monoisotopic (exact) mass is 600 g/mol. The van der Waals surface area contributed by atoms with E-state index >= 15 is 0 Å². The second-order valence-electron chi connectivity index (χ2n) is 10.7. The second kappa shape index (κ2) is 10.2. The summed E-state index contributed by atoms with van der Waals surface area (Å²) in [6.45, 7) is 1.10. The van der Waals surface area contributed by atoms with Crippen LogP contribution in [0.5, 0.6) is 0 Å². The number of nitrogens with zero attached hydrogens (tertiary/aromatic N) is 3. The minimum Gasteiger partial charge on any atom is -0.479 e. The maximum absolute atomic E-state index is 13.3. The molecule has 3 atom stereocenters. The number of amides is 4.